The quantitative estimate of drug-likeness (QED) is 0.751. The van der Waals surface area contributed by atoms with Crippen LogP contribution >= 0.6 is 15.9 Å². The number of rotatable bonds is 1. The summed E-state index contributed by atoms with van der Waals surface area (Å²) in [5.41, 5.74) is 2.49. The summed E-state index contributed by atoms with van der Waals surface area (Å²) in [4.78, 5) is 19.3. The molecule has 0 aliphatic heterocycles. The van der Waals surface area contributed by atoms with E-state index in [1.165, 1.54) is 4.40 Å². The highest BCUT2D eigenvalue weighted by Gasteiger charge is 2.06. The van der Waals surface area contributed by atoms with Gasteiger partial charge in [-0.25, -0.2) is 4.98 Å². The van der Waals surface area contributed by atoms with Crippen LogP contribution in [0.1, 0.15) is 5.69 Å². The van der Waals surface area contributed by atoms with Gasteiger partial charge in [0.1, 0.15) is 0 Å². The maximum atomic E-state index is 11.8. The van der Waals surface area contributed by atoms with Gasteiger partial charge in [-0.3, -0.25) is 9.20 Å². The molecule has 0 aliphatic carbocycles. The molecule has 0 unspecified atom stereocenters. The zero-order valence-electron chi connectivity index (χ0n) is 9.64. The van der Waals surface area contributed by atoms with E-state index in [0.717, 1.165) is 21.4 Å². The van der Waals surface area contributed by atoms with E-state index in [2.05, 4.69) is 25.9 Å². The van der Waals surface area contributed by atoms with Crippen molar-refractivity contribution < 1.29 is 0 Å². The van der Waals surface area contributed by atoms with Crippen LogP contribution in [0, 0.1) is 6.92 Å². The number of hydrogen-bond donors (Lipinski definition) is 1. The number of nitrogens with zero attached hydrogens (tertiary/aromatic N) is 2. The molecule has 2 aromatic heterocycles. The summed E-state index contributed by atoms with van der Waals surface area (Å²) >= 11 is 3.39. The predicted molar refractivity (Wildman–Crippen MR) is 73.7 cm³/mol. The van der Waals surface area contributed by atoms with Gasteiger partial charge in [-0.2, -0.15) is 0 Å². The number of H-pyrrole nitrogens is 1. The fourth-order valence-corrected chi connectivity index (χ4v) is 2.13. The molecule has 1 N–H and O–H groups in total. The second kappa shape index (κ2) is 4.10. The molecule has 18 heavy (non-hydrogen) atoms. The third kappa shape index (κ3) is 1.86. The van der Waals surface area contributed by atoms with E-state index in [4.69, 9.17) is 0 Å². The lowest BCUT2D eigenvalue weighted by Gasteiger charge is -1.95. The Morgan fingerprint density at radius 3 is 2.72 bits per heavy atom. The predicted octanol–water partition coefficient (Wildman–Crippen LogP) is 2.76. The lowest BCUT2D eigenvalue weighted by atomic mass is 10.2. The summed E-state index contributed by atoms with van der Waals surface area (Å²) in [5.74, 6) is 0.568. The highest BCUT2D eigenvalue weighted by Crippen LogP contribution is 2.20. The average molecular weight is 304 g/mol. The minimum Gasteiger partial charge on any atom is -0.329 e. The zero-order valence-corrected chi connectivity index (χ0v) is 11.2. The number of nitrogens with one attached hydrogen (secondary N) is 1. The molecule has 0 atom stereocenters. The summed E-state index contributed by atoms with van der Waals surface area (Å²) in [7, 11) is 0. The fourth-order valence-electron chi connectivity index (χ4n) is 1.86. The number of fused-ring (bicyclic) bond motifs is 1. The van der Waals surface area contributed by atoms with E-state index >= 15 is 0 Å². The minimum absolute atomic E-state index is 0.0721. The van der Waals surface area contributed by atoms with E-state index in [1.807, 2.05) is 31.2 Å². The Hall–Kier alpha value is -1.88. The molecule has 5 heteroatoms. The molecular formula is C13H10BrN3O. The average Bonchev–Trinajstić information content (AvgIpc) is 2.74. The summed E-state index contributed by atoms with van der Waals surface area (Å²) in [5, 5.41) is 0. The second-order valence-corrected chi connectivity index (χ2v) is 5.03. The molecule has 90 valence electrons. The van der Waals surface area contributed by atoms with Gasteiger partial charge in [-0.1, -0.05) is 28.1 Å². The maximum absolute atomic E-state index is 11.8. The number of aryl methyl sites for hydroxylation is 1. The van der Waals surface area contributed by atoms with E-state index in [1.54, 1.807) is 12.3 Å². The largest absolute Gasteiger partial charge is 0.329 e. The lowest BCUT2D eigenvalue weighted by Crippen LogP contribution is -2.12. The van der Waals surface area contributed by atoms with Gasteiger partial charge in [0.15, 0.2) is 0 Å². The smallest absolute Gasteiger partial charge is 0.259 e. The van der Waals surface area contributed by atoms with E-state index in [0.29, 0.717) is 5.78 Å². The summed E-state index contributed by atoms with van der Waals surface area (Å²) < 4.78 is 2.53. The van der Waals surface area contributed by atoms with Gasteiger partial charge in [-0.15, -0.1) is 0 Å². The fraction of sp³-hybridized carbons (Fsp3) is 0.0769. The van der Waals surface area contributed by atoms with Crippen LogP contribution in [-0.4, -0.2) is 14.4 Å². The highest BCUT2D eigenvalue weighted by molar-refractivity contribution is 9.10. The molecule has 0 saturated heterocycles. The Bertz CT molecular complexity index is 771. The van der Waals surface area contributed by atoms with Gasteiger partial charge < -0.3 is 4.98 Å². The standard InChI is InChI=1S/C13H10BrN3O/c1-8-6-12(18)17-7-11(16-13(17)15-8)9-2-4-10(14)5-3-9/h2-7H,1H3,(H,15,16). The molecule has 0 bridgehead atoms. The third-order valence-electron chi connectivity index (χ3n) is 2.73. The van der Waals surface area contributed by atoms with Gasteiger partial charge in [0.2, 0.25) is 5.78 Å². The number of hydrogen-bond acceptors (Lipinski definition) is 2. The van der Waals surface area contributed by atoms with E-state index in [9.17, 15) is 4.79 Å². The van der Waals surface area contributed by atoms with Crippen LogP contribution in [0.15, 0.2) is 45.8 Å². The minimum atomic E-state index is -0.0721. The van der Waals surface area contributed by atoms with Crippen LogP contribution in [0.4, 0.5) is 0 Å². The van der Waals surface area contributed by atoms with Crippen molar-refractivity contribution in [2.45, 2.75) is 6.92 Å². The lowest BCUT2D eigenvalue weighted by molar-refractivity contribution is 1.02. The number of aromatic nitrogens is 3. The molecule has 0 radical (unpaired) electrons. The highest BCUT2D eigenvalue weighted by atomic mass is 79.9. The van der Waals surface area contributed by atoms with Gasteiger partial charge in [0.25, 0.3) is 5.56 Å². The normalized spacial score (nSPS) is 11.0. The van der Waals surface area contributed by atoms with Crippen molar-refractivity contribution in [3.63, 3.8) is 0 Å². The third-order valence-corrected chi connectivity index (χ3v) is 3.26. The second-order valence-electron chi connectivity index (χ2n) is 4.12. The van der Waals surface area contributed by atoms with Crippen molar-refractivity contribution in [3.05, 3.63) is 57.0 Å². The van der Waals surface area contributed by atoms with Crippen molar-refractivity contribution >= 4 is 21.7 Å². The van der Waals surface area contributed by atoms with Crippen molar-refractivity contribution in [3.8, 4) is 11.3 Å². The van der Waals surface area contributed by atoms with Gasteiger partial charge in [0.05, 0.1) is 5.69 Å². The van der Waals surface area contributed by atoms with Crippen LogP contribution in [0.3, 0.4) is 0 Å². The van der Waals surface area contributed by atoms with Crippen molar-refractivity contribution in [1.29, 1.82) is 0 Å². The first kappa shape index (κ1) is 11.2. The van der Waals surface area contributed by atoms with Crippen LogP contribution in [0.5, 0.6) is 0 Å². The number of aromatic amines is 1. The maximum Gasteiger partial charge on any atom is 0.259 e. The first-order valence-electron chi connectivity index (χ1n) is 5.48. The zero-order chi connectivity index (χ0) is 12.7. The van der Waals surface area contributed by atoms with Crippen LogP contribution in [0.25, 0.3) is 17.0 Å². The van der Waals surface area contributed by atoms with Crippen molar-refractivity contribution in [2.75, 3.05) is 0 Å². The van der Waals surface area contributed by atoms with Crippen LogP contribution < -0.4 is 5.56 Å². The molecule has 0 saturated carbocycles. The van der Waals surface area contributed by atoms with Gasteiger partial charge in [-0.05, 0) is 19.1 Å². The molecule has 0 fully saturated rings. The molecule has 0 amide bonds. The van der Waals surface area contributed by atoms with Crippen molar-refractivity contribution in [1.82, 2.24) is 14.4 Å². The Balaban J connectivity index is 2.22. The molecule has 0 aliphatic rings. The molecule has 3 aromatic rings. The molecule has 2 heterocycles. The molecule has 1 aromatic carbocycles. The van der Waals surface area contributed by atoms with Crippen LogP contribution in [-0.2, 0) is 0 Å². The Kier molecular flexibility index (Phi) is 2.56. The molecular weight excluding hydrogens is 294 g/mol. The number of benzene rings is 1. The number of imidazole rings is 1. The first-order chi connectivity index (χ1) is 8.63. The summed E-state index contributed by atoms with van der Waals surface area (Å²) in [6.07, 6.45) is 1.75. The summed E-state index contributed by atoms with van der Waals surface area (Å²) in [6, 6.07) is 9.38. The molecule has 0 spiro atoms. The van der Waals surface area contributed by atoms with Gasteiger partial charge in [0, 0.05) is 28.0 Å². The number of halogens is 1. The van der Waals surface area contributed by atoms with E-state index in [-0.39, 0.29) is 5.56 Å². The molecule has 3 rings (SSSR count). The van der Waals surface area contributed by atoms with Crippen LogP contribution in [0.2, 0.25) is 0 Å². The van der Waals surface area contributed by atoms with E-state index < -0.39 is 0 Å². The Morgan fingerprint density at radius 1 is 1.28 bits per heavy atom. The topological polar surface area (TPSA) is 50.2 Å². The monoisotopic (exact) mass is 303 g/mol. The Morgan fingerprint density at radius 2 is 2.00 bits per heavy atom. The first-order valence-corrected chi connectivity index (χ1v) is 6.28. The SMILES string of the molecule is Cc1cc(=O)n2cc(-c3ccc(Br)cc3)nc2[nH]1. The summed E-state index contributed by atoms with van der Waals surface area (Å²) in [6.45, 7) is 1.84. The van der Waals surface area contributed by atoms with Gasteiger partial charge >= 0.3 is 0 Å². The van der Waals surface area contributed by atoms with Crippen molar-refractivity contribution in [2.24, 2.45) is 0 Å². The Labute approximate surface area is 111 Å². The molecule has 4 nitrogen and oxygen atoms in total.